The van der Waals surface area contributed by atoms with E-state index in [9.17, 15) is 14.9 Å². The lowest BCUT2D eigenvalue weighted by atomic mass is 9.92. The van der Waals surface area contributed by atoms with Crippen molar-refractivity contribution in [3.63, 3.8) is 0 Å². The highest BCUT2D eigenvalue weighted by molar-refractivity contribution is 7.12. The SMILES string of the molecule is CCOc1ccccc1CCC(=O)Cc1sc2c(c1C#N)CCC(OC(=O)NCc1ccnn1C)C2. The van der Waals surface area contributed by atoms with Gasteiger partial charge in [-0.2, -0.15) is 10.4 Å². The Labute approximate surface area is 214 Å². The smallest absolute Gasteiger partial charge is 0.407 e. The van der Waals surface area contributed by atoms with Gasteiger partial charge in [-0.15, -0.1) is 11.3 Å². The number of carbonyl (C=O) groups is 2. The number of aryl methyl sites for hydroxylation is 2. The summed E-state index contributed by atoms with van der Waals surface area (Å²) in [6.45, 7) is 2.86. The first-order valence-electron chi connectivity index (χ1n) is 12.2. The van der Waals surface area contributed by atoms with Gasteiger partial charge in [0, 0.05) is 42.3 Å². The molecule has 0 bridgehead atoms. The molecule has 0 spiro atoms. The zero-order chi connectivity index (χ0) is 25.5. The van der Waals surface area contributed by atoms with E-state index >= 15 is 0 Å². The number of Topliss-reactive ketones (excluding diaryl/α,β-unsaturated/α-hetero) is 1. The predicted octanol–water partition coefficient (Wildman–Crippen LogP) is 4.28. The zero-order valence-electron chi connectivity index (χ0n) is 20.6. The number of amides is 1. The van der Waals surface area contributed by atoms with E-state index < -0.39 is 6.09 Å². The number of hydrogen-bond acceptors (Lipinski definition) is 7. The number of rotatable bonds is 10. The summed E-state index contributed by atoms with van der Waals surface area (Å²) in [5.74, 6) is 0.909. The first-order chi connectivity index (χ1) is 17.5. The summed E-state index contributed by atoms with van der Waals surface area (Å²) < 4.78 is 13.0. The van der Waals surface area contributed by atoms with Gasteiger partial charge in [0.2, 0.25) is 0 Å². The lowest BCUT2D eigenvalue weighted by molar-refractivity contribution is -0.118. The number of alkyl carbamates (subject to hydrolysis) is 1. The lowest BCUT2D eigenvalue weighted by Crippen LogP contribution is -2.32. The van der Waals surface area contributed by atoms with Crippen molar-refractivity contribution in [1.29, 1.82) is 5.26 Å². The maximum absolute atomic E-state index is 12.8. The van der Waals surface area contributed by atoms with Crippen LogP contribution in [0.1, 0.15) is 51.9 Å². The van der Waals surface area contributed by atoms with Crippen LogP contribution in [0.4, 0.5) is 4.79 Å². The molecule has 0 saturated heterocycles. The summed E-state index contributed by atoms with van der Waals surface area (Å²) in [6, 6.07) is 11.9. The molecule has 188 valence electrons. The zero-order valence-corrected chi connectivity index (χ0v) is 21.4. The number of ether oxygens (including phenoxy) is 2. The molecule has 0 aliphatic heterocycles. The third-order valence-corrected chi connectivity index (χ3v) is 7.57. The van der Waals surface area contributed by atoms with Gasteiger partial charge in [0.05, 0.1) is 24.4 Å². The molecule has 8 nitrogen and oxygen atoms in total. The number of ketones is 1. The van der Waals surface area contributed by atoms with Crippen molar-refractivity contribution in [2.45, 2.75) is 58.1 Å². The van der Waals surface area contributed by atoms with E-state index in [4.69, 9.17) is 9.47 Å². The number of nitriles is 1. The average Bonchev–Trinajstić information content (AvgIpc) is 3.43. The van der Waals surface area contributed by atoms with Crippen molar-refractivity contribution in [3.8, 4) is 11.8 Å². The molecule has 2 heterocycles. The second-order valence-electron chi connectivity index (χ2n) is 8.74. The Morgan fingerprint density at radius 2 is 2.14 bits per heavy atom. The quantitative estimate of drug-likeness (QED) is 0.440. The molecule has 1 aliphatic carbocycles. The van der Waals surface area contributed by atoms with Crippen LogP contribution in [-0.2, 0) is 48.8 Å². The van der Waals surface area contributed by atoms with Crippen LogP contribution in [0, 0.1) is 11.3 Å². The highest BCUT2D eigenvalue weighted by atomic mass is 32.1. The van der Waals surface area contributed by atoms with Crippen LogP contribution in [-0.4, -0.2) is 34.4 Å². The van der Waals surface area contributed by atoms with Crippen LogP contribution >= 0.6 is 11.3 Å². The molecule has 1 atom stereocenters. The van der Waals surface area contributed by atoms with Gasteiger partial charge in [-0.05, 0) is 49.4 Å². The first-order valence-corrected chi connectivity index (χ1v) is 13.0. The molecular formula is C27H30N4O4S. The Morgan fingerprint density at radius 1 is 1.31 bits per heavy atom. The maximum atomic E-state index is 12.8. The standard InChI is InChI=1S/C27H30N4O4S/c1-3-34-24-7-5-4-6-18(24)8-9-20(32)14-25-23(16-28)22-11-10-21(15-26(22)36-25)35-27(33)29-17-19-12-13-30-31(19)2/h4-7,12-13,21H,3,8-11,14-15,17H2,1-2H3,(H,29,33). The van der Waals surface area contributed by atoms with E-state index in [1.165, 1.54) is 11.3 Å². The van der Waals surface area contributed by atoms with Crippen molar-refractivity contribution < 1.29 is 19.1 Å². The maximum Gasteiger partial charge on any atom is 0.407 e. The number of nitrogens with one attached hydrogen (secondary N) is 1. The van der Waals surface area contributed by atoms with Crippen molar-refractivity contribution in [2.75, 3.05) is 6.61 Å². The highest BCUT2D eigenvalue weighted by Gasteiger charge is 2.28. The molecule has 1 aromatic carbocycles. The van der Waals surface area contributed by atoms with Crippen molar-refractivity contribution in [2.24, 2.45) is 7.05 Å². The van der Waals surface area contributed by atoms with Crippen molar-refractivity contribution in [1.82, 2.24) is 15.1 Å². The Bertz CT molecular complexity index is 1270. The molecule has 2 aromatic heterocycles. The van der Waals surface area contributed by atoms with Gasteiger partial charge >= 0.3 is 6.09 Å². The van der Waals surface area contributed by atoms with Gasteiger partial charge in [0.25, 0.3) is 0 Å². The largest absolute Gasteiger partial charge is 0.494 e. The van der Waals surface area contributed by atoms with Gasteiger partial charge in [0.1, 0.15) is 23.7 Å². The van der Waals surface area contributed by atoms with Crippen LogP contribution in [0.2, 0.25) is 0 Å². The van der Waals surface area contributed by atoms with Gasteiger partial charge in [-0.1, -0.05) is 18.2 Å². The predicted molar refractivity (Wildman–Crippen MR) is 136 cm³/mol. The van der Waals surface area contributed by atoms with Crippen LogP contribution in [0.3, 0.4) is 0 Å². The van der Waals surface area contributed by atoms with E-state index in [1.807, 2.05) is 44.3 Å². The first kappa shape index (κ1) is 25.5. The minimum Gasteiger partial charge on any atom is -0.494 e. The van der Waals surface area contributed by atoms with E-state index in [0.29, 0.717) is 50.8 Å². The summed E-state index contributed by atoms with van der Waals surface area (Å²) in [5.41, 5.74) is 3.52. The van der Waals surface area contributed by atoms with E-state index in [2.05, 4.69) is 16.5 Å². The van der Waals surface area contributed by atoms with Gasteiger partial charge in [0.15, 0.2) is 0 Å². The molecule has 0 radical (unpaired) electrons. The van der Waals surface area contributed by atoms with Crippen molar-refractivity contribution in [3.05, 3.63) is 68.7 Å². The van der Waals surface area contributed by atoms with Crippen LogP contribution < -0.4 is 10.1 Å². The summed E-state index contributed by atoms with van der Waals surface area (Å²) in [6.07, 6.45) is 4.06. The van der Waals surface area contributed by atoms with E-state index in [1.54, 1.807) is 10.9 Å². The van der Waals surface area contributed by atoms with E-state index in [-0.39, 0.29) is 18.3 Å². The number of aromatic nitrogens is 2. The van der Waals surface area contributed by atoms with Gasteiger partial charge < -0.3 is 14.8 Å². The monoisotopic (exact) mass is 506 g/mol. The lowest BCUT2D eigenvalue weighted by Gasteiger charge is -2.22. The molecule has 36 heavy (non-hydrogen) atoms. The number of fused-ring (bicyclic) bond motifs is 1. The Hall–Kier alpha value is -3.64. The second kappa shape index (κ2) is 11.9. The number of hydrogen-bond donors (Lipinski definition) is 1. The summed E-state index contributed by atoms with van der Waals surface area (Å²) in [4.78, 5) is 26.9. The van der Waals surface area contributed by atoms with Crippen molar-refractivity contribution >= 4 is 23.2 Å². The molecule has 1 aliphatic rings. The molecule has 1 amide bonds. The minimum atomic E-state index is -0.468. The fraction of sp³-hybridized carbons (Fsp3) is 0.407. The third-order valence-electron chi connectivity index (χ3n) is 6.32. The molecule has 1 N–H and O–H groups in total. The highest BCUT2D eigenvalue weighted by Crippen LogP contribution is 2.35. The number of para-hydroxylation sites is 1. The Kier molecular flexibility index (Phi) is 8.39. The van der Waals surface area contributed by atoms with Crippen LogP contribution in [0.25, 0.3) is 0 Å². The fourth-order valence-electron chi connectivity index (χ4n) is 4.45. The molecular weight excluding hydrogens is 476 g/mol. The molecule has 4 rings (SSSR count). The molecule has 9 heteroatoms. The molecule has 1 unspecified atom stereocenters. The normalized spacial score (nSPS) is 14.5. The summed E-state index contributed by atoms with van der Waals surface area (Å²) >= 11 is 1.50. The minimum absolute atomic E-state index is 0.0961. The molecule has 3 aromatic rings. The third kappa shape index (κ3) is 6.13. The molecule has 0 fully saturated rings. The van der Waals surface area contributed by atoms with Crippen LogP contribution in [0.5, 0.6) is 5.75 Å². The van der Waals surface area contributed by atoms with Gasteiger partial charge in [-0.3, -0.25) is 9.48 Å². The van der Waals surface area contributed by atoms with E-state index in [0.717, 1.165) is 32.3 Å². The summed E-state index contributed by atoms with van der Waals surface area (Å²) in [7, 11) is 1.82. The number of benzene rings is 1. The molecule has 0 saturated carbocycles. The summed E-state index contributed by atoms with van der Waals surface area (Å²) in [5, 5.41) is 16.6. The second-order valence-corrected chi connectivity index (χ2v) is 9.93. The number of nitrogens with zero attached hydrogens (tertiary/aromatic N) is 3. The number of thiophene rings is 1. The Morgan fingerprint density at radius 3 is 2.89 bits per heavy atom. The number of carbonyl (C=O) groups excluding carboxylic acids is 2. The van der Waals surface area contributed by atoms with Gasteiger partial charge in [-0.25, -0.2) is 4.79 Å². The fourth-order valence-corrected chi connectivity index (χ4v) is 5.84. The average molecular weight is 507 g/mol. The Balaban J connectivity index is 1.33. The van der Waals surface area contributed by atoms with Crippen LogP contribution in [0.15, 0.2) is 36.5 Å². The topological polar surface area (TPSA) is 106 Å².